The molecule has 0 aliphatic rings. The van der Waals surface area contributed by atoms with E-state index >= 15 is 0 Å². The van der Waals surface area contributed by atoms with Gasteiger partial charge in [0, 0.05) is 18.7 Å². The number of halogens is 2. The van der Waals surface area contributed by atoms with Gasteiger partial charge in [0.1, 0.15) is 5.75 Å². The Bertz CT molecular complexity index is 680. The topological polar surface area (TPSA) is 70.6 Å². The summed E-state index contributed by atoms with van der Waals surface area (Å²) in [7, 11) is 0. The van der Waals surface area contributed by atoms with Gasteiger partial charge in [-0.3, -0.25) is 0 Å². The summed E-state index contributed by atoms with van der Waals surface area (Å²) in [5.41, 5.74) is 1.98. The van der Waals surface area contributed by atoms with E-state index < -0.39 is 12.6 Å². The number of amides is 2. The van der Waals surface area contributed by atoms with Crippen LogP contribution in [0.25, 0.3) is 0 Å². The van der Waals surface area contributed by atoms with Crippen molar-refractivity contribution in [3.63, 3.8) is 0 Å². The lowest BCUT2D eigenvalue weighted by Gasteiger charge is -2.12. The largest absolute Gasteiger partial charge is 0.434 e. The molecule has 0 heterocycles. The molecule has 3 N–H and O–H groups in total. The van der Waals surface area contributed by atoms with Gasteiger partial charge in [0.05, 0.1) is 6.61 Å². The highest BCUT2D eigenvalue weighted by atomic mass is 19.3. The Morgan fingerprint density at radius 3 is 2.12 bits per heavy atom. The van der Waals surface area contributed by atoms with E-state index in [0.717, 1.165) is 11.1 Å². The molecule has 2 rings (SSSR count). The van der Waals surface area contributed by atoms with Crippen LogP contribution in [0, 0.1) is 0 Å². The van der Waals surface area contributed by atoms with Crippen molar-refractivity contribution in [3.8, 4) is 5.75 Å². The summed E-state index contributed by atoms with van der Waals surface area (Å²) >= 11 is 0. The molecule has 0 saturated carbocycles. The Morgan fingerprint density at radius 2 is 1.50 bits per heavy atom. The van der Waals surface area contributed by atoms with E-state index in [2.05, 4.69) is 15.4 Å². The third kappa shape index (κ3) is 5.20. The van der Waals surface area contributed by atoms with Gasteiger partial charge in [-0.1, -0.05) is 42.5 Å². The molecule has 2 amide bonds. The van der Waals surface area contributed by atoms with Crippen molar-refractivity contribution in [1.29, 1.82) is 0 Å². The number of para-hydroxylation sites is 1. The standard InChI is InChI=1S/C17H18F2N2O3/c18-16(19)24-15-8-4-3-6-13(15)10-21-17(23)20-9-12-5-1-2-7-14(12)11-22/h1-8,16,22H,9-11H2,(H2,20,21,23). The number of nitrogens with one attached hydrogen (secondary N) is 2. The fraction of sp³-hybridized carbons (Fsp3) is 0.235. The molecule has 0 unspecified atom stereocenters. The first-order valence-electron chi connectivity index (χ1n) is 7.32. The monoisotopic (exact) mass is 336 g/mol. The number of aliphatic hydroxyl groups is 1. The van der Waals surface area contributed by atoms with E-state index in [1.807, 2.05) is 6.07 Å². The van der Waals surface area contributed by atoms with Gasteiger partial charge in [-0.2, -0.15) is 8.78 Å². The average molecular weight is 336 g/mol. The summed E-state index contributed by atoms with van der Waals surface area (Å²) in [6.07, 6.45) is 0. The number of benzene rings is 2. The second kappa shape index (κ2) is 8.83. The predicted octanol–water partition coefficient (Wildman–Crippen LogP) is 2.78. The van der Waals surface area contributed by atoms with Crippen LogP contribution in [0.5, 0.6) is 5.75 Å². The Kier molecular flexibility index (Phi) is 6.51. The molecule has 0 aliphatic carbocycles. The second-order valence-electron chi connectivity index (χ2n) is 4.95. The van der Waals surface area contributed by atoms with Crippen molar-refractivity contribution in [2.24, 2.45) is 0 Å². The van der Waals surface area contributed by atoms with E-state index in [9.17, 15) is 18.7 Å². The molecule has 128 valence electrons. The fourth-order valence-electron chi connectivity index (χ4n) is 2.16. The normalized spacial score (nSPS) is 10.5. The van der Waals surface area contributed by atoms with Crippen molar-refractivity contribution in [2.45, 2.75) is 26.3 Å². The van der Waals surface area contributed by atoms with Crippen molar-refractivity contribution in [3.05, 3.63) is 65.2 Å². The number of ether oxygens (including phenoxy) is 1. The van der Waals surface area contributed by atoms with Crippen molar-refractivity contribution in [1.82, 2.24) is 10.6 Å². The molecular formula is C17H18F2N2O3. The Hall–Kier alpha value is -2.67. The minimum atomic E-state index is -2.92. The summed E-state index contributed by atoms with van der Waals surface area (Å²) < 4.78 is 29.1. The number of hydrogen-bond acceptors (Lipinski definition) is 3. The van der Waals surface area contributed by atoms with Crippen molar-refractivity contribution < 1.29 is 23.4 Å². The summed E-state index contributed by atoms with van der Waals surface area (Å²) in [6, 6.07) is 13.0. The van der Waals surface area contributed by atoms with E-state index in [-0.39, 0.29) is 25.4 Å². The summed E-state index contributed by atoms with van der Waals surface area (Å²) in [5, 5.41) is 14.5. The zero-order valence-corrected chi connectivity index (χ0v) is 12.8. The molecule has 0 atom stereocenters. The third-order valence-corrected chi connectivity index (χ3v) is 3.36. The summed E-state index contributed by atoms with van der Waals surface area (Å²) in [4.78, 5) is 11.8. The molecule has 0 fully saturated rings. The average Bonchev–Trinajstić information content (AvgIpc) is 2.59. The molecule has 0 bridgehead atoms. The van der Waals surface area contributed by atoms with Crippen LogP contribution in [0.4, 0.5) is 13.6 Å². The number of alkyl halides is 2. The lowest BCUT2D eigenvalue weighted by molar-refractivity contribution is -0.0504. The summed E-state index contributed by atoms with van der Waals surface area (Å²) in [6.45, 7) is -2.73. The molecule has 5 nitrogen and oxygen atoms in total. The quantitative estimate of drug-likeness (QED) is 0.728. The number of carbonyl (C=O) groups excluding carboxylic acids is 1. The molecule has 0 saturated heterocycles. The SMILES string of the molecule is O=C(NCc1ccccc1CO)NCc1ccccc1OC(F)F. The van der Waals surface area contributed by atoms with Gasteiger partial charge in [-0.05, 0) is 17.2 Å². The van der Waals surface area contributed by atoms with Crippen LogP contribution < -0.4 is 15.4 Å². The highest BCUT2D eigenvalue weighted by Gasteiger charge is 2.10. The third-order valence-electron chi connectivity index (χ3n) is 3.36. The number of rotatable bonds is 7. The Balaban J connectivity index is 1.87. The summed E-state index contributed by atoms with van der Waals surface area (Å²) in [5.74, 6) is 0.0263. The maximum atomic E-state index is 12.3. The van der Waals surface area contributed by atoms with E-state index in [4.69, 9.17) is 0 Å². The number of aliphatic hydroxyl groups excluding tert-OH is 1. The molecular weight excluding hydrogens is 318 g/mol. The first-order valence-corrected chi connectivity index (χ1v) is 7.32. The Labute approximate surface area is 138 Å². The molecule has 24 heavy (non-hydrogen) atoms. The smallest absolute Gasteiger partial charge is 0.387 e. The van der Waals surface area contributed by atoms with Crippen LogP contribution in [0.3, 0.4) is 0 Å². The van der Waals surface area contributed by atoms with Gasteiger partial charge >= 0.3 is 12.6 Å². The van der Waals surface area contributed by atoms with Crippen LogP contribution in [0.2, 0.25) is 0 Å². The minimum absolute atomic E-state index is 0.0263. The van der Waals surface area contributed by atoms with Gasteiger partial charge in [-0.25, -0.2) is 4.79 Å². The molecule has 0 spiro atoms. The first kappa shape index (κ1) is 17.7. The van der Waals surface area contributed by atoms with Crippen LogP contribution in [-0.2, 0) is 19.7 Å². The van der Waals surface area contributed by atoms with E-state index in [0.29, 0.717) is 5.56 Å². The molecule has 2 aromatic rings. The number of hydrogen-bond donors (Lipinski definition) is 3. The lowest BCUT2D eigenvalue weighted by atomic mass is 10.1. The highest BCUT2D eigenvalue weighted by molar-refractivity contribution is 5.74. The van der Waals surface area contributed by atoms with Crippen LogP contribution in [0.1, 0.15) is 16.7 Å². The van der Waals surface area contributed by atoms with Crippen LogP contribution in [0.15, 0.2) is 48.5 Å². The molecule has 2 aromatic carbocycles. The second-order valence-corrected chi connectivity index (χ2v) is 4.95. The first-order chi connectivity index (χ1) is 11.6. The van der Waals surface area contributed by atoms with Crippen LogP contribution in [-0.4, -0.2) is 17.7 Å². The van der Waals surface area contributed by atoms with Gasteiger partial charge in [0.25, 0.3) is 0 Å². The fourth-order valence-corrected chi connectivity index (χ4v) is 2.16. The van der Waals surface area contributed by atoms with Crippen molar-refractivity contribution >= 4 is 6.03 Å². The van der Waals surface area contributed by atoms with Gasteiger partial charge in [0.15, 0.2) is 0 Å². The number of urea groups is 1. The zero-order valence-electron chi connectivity index (χ0n) is 12.8. The lowest BCUT2D eigenvalue weighted by Crippen LogP contribution is -2.34. The molecule has 0 radical (unpaired) electrons. The molecule has 0 aliphatic heterocycles. The van der Waals surface area contributed by atoms with Gasteiger partial charge < -0.3 is 20.5 Å². The minimum Gasteiger partial charge on any atom is -0.434 e. The van der Waals surface area contributed by atoms with Gasteiger partial charge in [0.2, 0.25) is 0 Å². The van der Waals surface area contributed by atoms with Gasteiger partial charge in [-0.15, -0.1) is 0 Å². The molecule has 0 aromatic heterocycles. The van der Waals surface area contributed by atoms with E-state index in [1.54, 1.807) is 36.4 Å². The number of carbonyl (C=O) groups is 1. The van der Waals surface area contributed by atoms with Crippen molar-refractivity contribution in [2.75, 3.05) is 0 Å². The maximum absolute atomic E-state index is 12.3. The predicted molar refractivity (Wildman–Crippen MR) is 84.5 cm³/mol. The van der Waals surface area contributed by atoms with E-state index in [1.165, 1.54) is 6.07 Å². The zero-order chi connectivity index (χ0) is 17.4. The Morgan fingerprint density at radius 1 is 0.958 bits per heavy atom. The molecule has 7 heteroatoms. The van der Waals surface area contributed by atoms with Crippen LogP contribution >= 0.6 is 0 Å². The maximum Gasteiger partial charge on any atom is 0.387 e. The highest BCUT2D eigenvalue weighted by Crippen LogP contribution is 2.19.